The predicted molar refractivity (Wildman–Crippen MR) is 63.4 cm³/mol. The van der Waals surface area contributed by atoms with Crippen LogP contribution in [-0.2, 0) is 10.0 Å². The number of nitrogens with two attached hydrogens (primary N) is 1. The van der Waals surface area contributed by atoms with Crippen molar-refractivity contribution in [3.05, 3.63) is 11.4 Å². The van der Waals surface area contributed by atoms with Crippen LogP contribution in [0.3, 0.4) is 0 Å². The Labute approximate surface area is 99.1 Å². The summed E-state index contributed by atoms with van der Waals surface area (Å²) in [6.45, 7) is 2.31. The average Bonchev–Trinajstić information content (AvgIpc) is 2.66. The molecule has 0 radical (unpaired) electrons. The summed E-state index contributed by atoms with van der Waals surface area (Å²) in [5.41, 5.74) is 5.94. The number of thiophene rings is 1. The van der Waals surface area contributed by atoms with Gasteiger partial charge >= 0.3 is 0 Å². The van der Waals surface area contributed by atoms with Gasteiger partial charge in [-0.25, -0.2) is 8.42 Å². The Hall–Kier alpha value is -1.10. The van der Waals surface area contributed by atoms with E-state index in [0.29, 0.717) is 12.2 Å². The number of nitrogens with zero attached hydrogens (tertiary/aromatic N) is 2. The fraction of sp³-hybridized carbons (Fsp3) is 0.444. The van der Waals surface area contributed by atoms with Crippen LogP contribution >= 0.6 is 11.3 Å². The molecule has 2 N–H and O–H groups in total. The summed E-state index contributed by atoms with van der Waals surface area (Å²) in [7, 11) is -3.48. The molecular formula is C9H13N3O2S2. The van der Waals surface area contributed by atoms with Crippen LogP contribution in [0.15, 0.2) is 15.7 Å². The lowest BCUT2D eigenvalue weighted by Gasteiger charge is -2.17. The van der Waals surface area contributed by atoms with Gasteiger partial charge in [0.25, 0.3) is 10.0 Å². The van der Waals surface area contributed by atoms with Gasteiger partial charge in [-0.05, 0) is 6.07 Å². The highest BCUT2D eigenvalue weighted by Crippen LogP contribution is 2.24. The van der Waals surface area contributed by atoms with E-state index in [1.54, 1.807) is 12.3 Å². The lowest BCUT2D eigenvalue weighted by molar-refractivity contribution is 0.436. The summed E-state index contributed by atoms with van der Waals surface area (Å²) >= 11 is 1.10. The monoisotopic (exact) mass is 259 g/mol. The zero-order valence-electron chi connectivity index (χ0n) is 8.88. The van der Waals surface area contributed by atoms with Crippen LogP contribution in [0.1, 0.15) is 13.3 Å². The third-order valence-corrected chi connectivity index (χ3v) is 5.42. The third kappa shape index (κ3) is 2.72. The van der Waals surface area contributed by atoms with E-state index in [-0.39, 0.29) is 17.2 Å². The topological polar surface area (TPSA) is 87.2 Å². The molecule has 16 heavy (non-hydrogen) atoms. The van der Waals surface area contributed by atoms with E-state index >= 15 is 0 Å². The molecule has 0 aliphatic heterocycles. The summed E-state index contributed by atoms with van der Waals surface area (Å²) in [6, 6.07) is 3.37. The second kappa shape index (κ2) is 5.30. The molecular weight excluding hydrogens is 246 g/mol. The molecule has 0 aromatic carbocycles. The number of nitriles is 1. The fourth-order valence-electron chi connectivity index (χ4n) is 1.22. The Bertz CT molecular complexity index is 487. The zero-order valence-corrected chi connectivity index (χ0v) is 10.5. The number of hydrogen-bond acceptors (Lipinski definition) is 5. The quantitative estimate of drug-likeness (QED) is 0.862. The molecule has 1 heterocycles. The van der Waals surface area contributed by atoms with Crippen LogP contribution in [0.4, 0.5) is 5.69 Å². The van der Waals surface area contributed by atoms with Gasteiger partial charge in [0.05, 0.1) is 6.07 Å². The van der Waals surface area contributed by atoms with E-state index < -0.39 is 10.0 Å². The molecule has 0 unspecified atom stereocenters. The maximum Gasteiger partial charge on any atom is 0.252 e. The average molecular weight is 259 g/mol. The van der Waals surface area contributed by atoms with E-state index in [2.05, 4.69) is 0 Å². The Kier molecular flexibility index (Phi) is 4.29. The highest BCUT2D eigenvalue weighted by atomic mass is 32.2. The van der Waals surface area contributed by atoms with Gasteiger partial charge in [0.15, 0.2) is 0 Å². The largest absolute Gasteiger partial charge is 0.398 e. The maximum atomic E-state index is 12.1. The minimum absolute atomic E-state index is 0.188. The Balaban J connectivity index is 2.96. The van der Waals surface area contributed by atoms with Gasteiger partial charge in [-0.1, -0.05) is 6.92 Å². The van der Waals surface area contributed by atoms with E-state index in [4.69, 9.17) is 11.0 Å². The summed E-state index contributed by atoms with van der Waals surface area (Å²) in [4.78, 5) is 0. The molecule has 0 spiro atoms. The van der Waals surface area contributed by atoms with Crippen molar-refractivity contribution < 1.29 is 8.42 Å². The second-order valence-electron chi connectivity index (χ2n) is 3.10. The predicted octanol–water partition coefficient (Wildman–Crippen LogP) is 1.25. The maximum absolute atomic E-state index is 12.1. The molecule has 0 saturated heterocycles. The van der Waals surface area contributed by atoms with Crippen LogP contribution in [-0.4, -0.2) is 25.8 Å². The van der Waals surface area contributed by atoms with Crippen LogP contribution in [0.25, 0.3) is 0 Å². The van der Waals surface area contributed by atoms with E-state index in [1.807, 2.05) is 6.07 Å². The Morgan fingerprint density at radius 1 is 1.62 bits per heavy atom. The standard InChI is InChI=1S/C9H13N3O2S2/c1-2-12(5-3-4-10)16(13,14)9-6-8(11)7-15-9/h6-7H,2-3,5,11H2,1H3. The molecule has 0 fully saturated rings. The molecule has 1 rings (SSSR count). The second-order valence-corrected chi connectivity index (χ2v) is 6.18. The number of sulfonamides is 1. The minimum Gasteiger partial charge on any atom is -0.398 e. The van der Waals surface area contributed by atoms with Gasteiger partial charge in [-0.2, -0.15) is 9.57 Å². The van der Waals surface area contributed by atoms with E-state index in [0.717, 1.165) is 11.3 Å². The summed E-state index contributed by atoms with van der Waals surface area (Å²) in [5.74, 6) is 0. The van der Waals surface area contributed by atoms with Crippen molar-refractivity contribution in [3.8, 4) is 6.07 Å². The summed E-state index contributed by atoms with van der Waals surface area (Å²) in [6.07, 6.45) is 0.188. The van der Waals surface area contributed by atoms with Crippen LogP contribution in [0, 0.1) is 11.3 Å². The van der Waals surface area contributed by atoms with E-state index in [1.165, 1.54) is 10.4 Å². The van der Waals surface area contributed by atoms with Gasteiger partial charge in [0.1, 0.15) is 4.21 Å². The van der Waals surface area contributed by atoms with Crippen molar-refractivity contribution in [1.29, 1.82) is 5.26 Å². The SMILES string of the molecule is CCN(CCC#N)S(=O)(=O)c1cc(N)cs1. The van der Waals surface area contributed by atoms with Crippen LogP contribution in [0.2, 0.25) is 0 Å². The fourth-order valence-corrected chi connectivity index (χ4v) is 3.90. The Morgan fingerprint density at radius 3 is 2.75 bits per heavy atom. The van der Waals surface area contributed by atoms with Crippen molar-refractivity contribution in [1.82, 2.24) is 4.31 Å². The van der Waals surface area contributed by atoms with Gasteiger partial charge in [0.2, 0.25) is 0 Å². The summed E-state index contributed by atoms with van der Waals surface area (Å²) in [5, 5.41) is 10.1. The number of rotatable bonds is 5. The molecule has 0 aliphatic carbocycles. The molecule has 1 aromatic heterocycles. The molecule has 1 aromatic rings. The normalized spacial score (nSPS) is 11.6. The molecule has 5 nitrogen and oxygen atoms in total. The molecule has 0 saturated carbocycles. The lowest BCUT2D eigenvalue weighted by atomic mass is 10.5. The van der Waals surface area contributed by atoms with Crippen molar-refractivity contribution in [2.24, 2.45) is 0 Å². The number of hydrogen-bond donors (Lipinski definition) is 1. The van der Waals surface area contributed by atoms with E-state index in [9.17, 15) is 8.42 Å². The van der Waals surface area contributed by atoms with Gasteiger partial charge in [0, 0.05) is 30.6 Å². The molecule has 0 amide bonds. The van der Waals surface area contributed by atoms with Gasteiger partial charge in [-0.15, -0.1) is 11.3 Å². The number of nitrogen functional groups attached to an aromatic ring is 1. The smallest absolute Gasteiger partial charge is 0.252 e. The molecule has 0 aliphatic rings. The van der Waals surface area contributed by atoms with Crippen molar-refractivity contribution in [2.45, 2.75) is 17.6 Å². The molecule has 88 valence electrons. The highest BCUT2D eigenvalue weighted by molar-refractivity contribution is 7.91. The first-order valence-electron chi connectivity index (χ1n) is 4.73. The van der Waals surface area contributed by atoms with Gasteiger partial charge in [-0.3, -0.25) is 0 Å². The summed E-state index contributed by atoms with van der Waals surface area (Å²) < 4.78 is 25.6. The van der Waals surface area contributed by atoms with Crippen molar-refractivity contribution in [3.63, 3.8) is 0 Å². The van der Waals surface area contributed by atoms with Gasteiger partial charge < -0.3 is 5.73 Å². The Morgan fingerprint density at radius 2 is 2.31 bits per heavy atom. The molecule has 7 heteroatoms. The zero-order chi connectivity index (χ0) is 12.2. The van der Waals surface area contributed by atoms with Crippen LogP contribution < -0.4 is 5.73 Å². The first kappa shape index (κ1) is 13.0. The first-order chi connectivity index (χ1) is 7.52. The number of anilines is 1. The molecule has 0 atom stereocenters. The third-order valence-electron chi connectivity index (χ3n) is 2.02. The lowest BCUT2D eigenvalue weighted by Crippen LogP contribution is -2.31. The van der Waals surface area contributed by atoms with Crippen molar-refractivity contribution >= 4 is 27.0 Å². The van der Waals surface area contributed by atoms with Crippen molar-refractivity contribution in [2.75, 3.05) is 18.8 Å². The highest BCUT2D eigenvalue weighted by Gasteiger charge is 2.24. The van der Waals surface area contributed by atoms with Crippen LogP contribution in [0.5, 0.6) is 0 Å². The first-order valence-corrected chi connectivity index (χ1v) is 7.05. The minimum atomic E-state index is -3.48. The molecule has 0 bridgehead atoms.